The Bertz CT molecular complexity index is 1170. The third-order valence-electron chi connectivity index (χ3n) is 8.05. The summed E-state index contributed by atoms with van der Waals surface area (Å²) in [6.45, 7) is 7.80. The Kier molecular flexibility index (Phi) is 14.0. The number of nitrogens with zero attached hydrogens (tertiary/aromatic N) is 1. The molecule has 44 heavy (non-hydrogen) atoms. The Balaban J connectivity index is 1.99. The van der Waals surface area contributed by atoms with Crippen LogP contribution in [0.25, 0.3) is 0 Å². The van der Waals surface area contributed by atoms with Crippen LogP contribution >= 0.6 is 0 Å². The van der Waals surface area contributed by atoms with E-state index >= 15 is 0 Å². The molecule has 0 heterocycles. The van der Waals surface area contributed by atoms with E-state index in [-0.39, 0.29) is 30.0 Å². The topological polar surface area (TPSA) is 108 Å². The van der Waals surface area contributed by atoms with Crippen molar-refractivity contribution in [1.29, 1.82) is 0 Å². The molecule has 0 radical (unpaired) electrons. The number of carbonyl (C=O) groups excluding carboxylic acids is 3. The summed E-state index contributed by atoms with van der Waals surface area (Å²) in [5.74, 6) is -0.745. The Morgan fingerprint density at radius 1 is 0.909 bits per heavy atom. The number of phenolic OH excluding ortho intramolecular Hbond substituents is 1. The first-order chi connectivity index (χ1) is 21.1. The molecule has 0 aromatic heterocycles. The molecule has 1 saturated carbocycles. The minimum atomic E-state index is -1.06. The maximum Gasteiger partial charge on any atom is 0.408 e. The van der Waals surface area contributed by atoms with Crippen molar-refractivity contribution in [2.45, 2.75) is 128 Å². The lowest BCUT2D eigenvalue weighted by atomic mass is 9.94. The van der Waals surface area contributed by atoms with Gasteiger partial charge in [-0.15, -0.1) is 0 Å². The highest BCUT2D eigenvalue weighted by atomic mass is 16.6. The van der Waals surface area contributed by atoms with Crippen LogP contribution in [0.3, 0.4) is 0 Å². The monoisotopic (exact) mass is 607 g/mol. The van der Waals surface area contributed by atoms with Crippen LogP contribution < -0.4 is 10.6 Å². The van der Waals surface area contributed by atoms with E-state index in [9.17, 15) is 19.5 Å². The van der Waals surface area contributed by atoms with Gasteiger partial charge in [0.1, 0.15) is 23.4 Å². The zero-order valence-electron chi connectivity index (χ0n) is 27.1. The zero-order chi connectivity index (χ0) is 32.0. The summed E-state index contributed by atoms with van der Waals surface area (Å²) >= 11 is 0. The first-order valence-electron chi connectivity index (χ1n) is 16.5. The minimum Gasteiger partial charge on any atom is -0.508 e. The van der Waals surface area contributed by atoms with E-state index < -0.39 is 23.8 Å². The van der Waals surface area contributed by atoms with Crippen LogP contribution in [0.4, 0.5) is 4.79 Å². The third kappa shape index (κ3) is 11.5. The third-order valence-corrected chi connectivity index (χ3v) is 8.05. The number of unbranched alkanes of at least 4 members (excludes halogenated alkanes) is 5. The first kappa shape index (κ1) is 34.9. The van der Waals surface area contributed by atoms with Gasteiger partial charge >= 0.3 is 6.09 Å². The molecule has 1 aliphatic rings. The molecule has 0 spiro atoms. The normalized spacial score (nSPS) is 15.2. The van der Waals surface area contributed by atoms with Crippen molar-refractivity contribution in [3.8, 4) is 5.75 Å². The second-order valence-electron chi connectivity index (χ2n) is 13.0. The second-order valence-corrected chi connectivity index (χ2v) is 13.0. The van der Waals surface area contributed by atoms with Crippen molar-refractivity contribution in [1.82, 2.24) is 15.5 Å². The number of hydrogen-bond acceptors (Lipinski definition) is 5. The molecule has 0 bridgehead atoms. The van der Waals surface area contributed by atoms with E-state index in [1.54, 1.807) is 49.9 Å². The fourth-order valence-electron chi connectivity index (χ4n) is 5.83. The molecule has 0 saturated heterocycles. The lowest BCUT2D eigenvalue weighted by Crippen LogP contribution is -2.54. The van der Waals surface area contributed by atoms with Crippen molar-refractivity contribution in [2.75, 3.05) is 6.54 Å². The number of para-hydroxylation sites is 1. The number of amides is 3. The lowest BCUT2D eigenvalue weighted by molar-refractivity contribution is -0.143. The summed E-state index contributed by atoms with van der Waals surface area (Å²) in [6, 6.07) is 14.2. The molecule has 3 rings (SSSR count). The Hall–Kier alpha value is -3.55. The number of nitrogens with one attached hydrogen (secondary N) is 2. The summed E-state index contributed by atoms with van der Waals surface area (Å²) < 4.78 is 5.54. The number of ether oxygens (including phenoxy) is 1. The van der Waals surface area contributed by atoms with Gasteiger partial charge in [-0.25, -0.2) is 4.79 Å². The van der Waals surface area contributed by atoms with Gasteiger partial charge in [0.05, 0.1) is 0 Å². The lowest BCUT2D eigenvalue weighted by Gasteiger charge is -2.36. The van der Waals surface area contributed by atoms with Crippen LogP contribution in [0.15, 0.2) is 54.6 Å². The fraction of sp³-hybridized carbons (Fsp3) is 0.583. The van der Waals surface area contributed by atoms with Gasteiger partial charge < -0.3 is 25.4 Å². The highest BCUT2D eigenvalue weighted by molar-refractivity contribution is 5.92. The molecule has 8 heteroatoms. The van der Waals surface area contributed by atoms with E-state index in [1.165, 1.54) is 0 Å². The number of benzene rings is 2. The molecule has 2 aromatic carbocycles. The Morgan fingerprint density at radius 2 is 1.55 bits per heavy atom. The number of hydrogen-bond donors (Lipinski definition) is 3. The molecular weight excluding hydrogens is 554 g/mol. The molecule has 3 N–H and O–H groups in total. The number of aromatic hydroxyl groups is 1. The van der Waals surface area contributed by atoms with Crippen LogP contribution in [0.5, 0.6) is 5.75 Å². The van der Waals surface area contributed by atoms with Crippen molar-refractivity contribution in [3.05, 3.63) is 65.7 Å². The molecule has 3 amide bonds. The maximum absolute atomic E-state index is 14.6. The van der Waals surface area contributed by atoms with Gasteiger partial charge in [0.15, 0.2) is 0 Å². The highest BCUT2D eigenvalue weighted by Crippen LogP contribution is 2.31. The smallest absolute Gasteiger partial charge is 0.408 e. The van der Waals surface area contributed by atoms with Crippen LogP contribution in [-0.2, 0) is 20.7 Å². The zero-order valence-corrected chi connectivity index (χ0v) is 27.1. The summed E-state index contributed by atoms with van der Waals surface area (Å²) in [5.41, 5.74) is 0.490. The Morgan fingerprint density at radius 3 is 2.20 bits per heavy atom. The quantitative estimate of drug-likeness (QED) is 0.186. The van der Waals surface area contributed by atoms with Gasteiger partial charge in [-0.05, 0) is 51.7 Å². The first-order valence-corrected chi connectivity index (χ1v) is 16.5. The summed E-state index contributed by atoms with van der Waals surface area (Å²) in [4.78, 5) is 43.4. The molecule has 0 aliphatic heterocycles. The average Bonchev–Trinajstić information content (AvgIpc) is 2.98. The average molecular weight is 608 g/mol. The van der Waals surface area contributed by atoms with Crippen LogP contribution in [0.2, 0.25) is 0 Å². The maximum atomic E-state index is 14.6. The highest BCUT2D eigenvalue weighted by Gasteiger charge is 2.38. The molecule has 242 valence electrons. The van der Waals surface area contributed by atoms with Gasteiger partial charge in [0.2, 0.25) is 11.8 Å². The largest absolute Gasteiger partial charge is 0.508 e. The number of rotatable bonds is 15. The van der Waals surface area contributed by atoms with Gasteiger partial charge in [0.25, 0.3) is 0 Å². The second kappa shape index (κ2) is 17.7. The molecular formula is C36H53N3O5. The number of alkyl carbamates (subject to hydrolysis) is 1. The van der Waals surface area contributed by atoms with Crippen molar-refractivity contribution < 1.29 is 24.2 Å². The minimum absolute atomic E-state index is 0.0237. The van der Waals surface area contributed by atoms with Crippen LogP contribution in [0, 0.1) is 0 Å². The standard InChI is InChI=1S/C36H53N3O5/c1-5-6-7-8-9-18-25-39(32(29-23-16-17-24-31(29)40)33(41)37-28-21-14-11-15-22-28)34(42)30(26-27-19-12-10-13-20-27)38-35(43)44-36(2,3)4/h10,12-13,16-17,19-20,23-24,28,30,32,40H,5-9,11,14-15,18,21-22,25-26H2,1-4H3,(H,37,41)(H,38,43). The van der Waals surface area contributed by atoms with Crippen molar-refractivity contribution in [3.63, 3.8) is 0 Å². The van der Waals surface area contributed by atoms with Gasteiger partial charge in [-0.2, -0.15) is 0 Å². The van der Waals surface area contributed by atoms with Gasteiger partial charge in [0, 0.05) is 24.6 Å². The number of carbonyl (C=O) groups is 3. The van der Waals surface area contributed by atoms with Crippen LogP contribution in [0.1, 0.15) is 115 Å². The van der Waals surface area contributed by atoms with Crippen LogP contribution in [-0.4, -0.2) is 52.1 Å². The molecule has 1 aliphatic carbocycles. The predicted molar refractivity (Wildman–Crippen MR) is 174 cm³/mol. The molecule has 2 atom stereocenters. The Labute approximate surface area is 263 Å². The molecule has 2 unspecified atom stereocenters. The van der Waals surface area contributed by atoms with E-state index in [0.29, 0.717) is 18.5 Å². The predicted octanol–water partition coefficient (Wildman–Crippen LogP) is 7.21. The van der Waals surface area contributed by atoms with E-state index in [4.69, 9.17) is 4.74 Å². The van der Waals surface area contributed by atoms with Gasteiger partial charge in [-0.3, -0.25) is 9.59 Å². The van der Waals surface area contributed by atoms with E-state index in [1.807, 2.05) is 30.3 Å². The van der Waals surface area contributed by atoms with Crippen molar-refractivity contribution in [2.24, 2.45) is 0 Å². The summed E-state index contributed by atoms with van der Waals surface area (Å²) in [7, 11) is 0. The number of phenols is 1. The van der Waals surface area contributed by atoms with Gasteiger partial charge in [-0.1, -0.05) is 107 Å². The molecule has 1 fully saturated rings. The fourth-order valence-corrected chi connectivity index (χ4v) is 5.83. The van der Waals surface area contributed by atoms with E-state index in [0.717, 1.165) is 69.8 Å². The van der Waals surface area contributed by atoms with Crippen molar-refractivity contribution >= 4 is 17.9 Å². The summed E-state index contributed by atoms with van der Waals surface area (Å²) in [6.07, 6.45) is 10.6. The SMILES string of the molecule is CCCCCCCCN(C(=O)C(Cc1ccccc1)NC(=O)OC(C)(C)C)C(C(=O)NC1CCCCC1)c1ccccc1O. The molecule has 2 aromatic rings. The summed E-state index contributed by atoms with van der Waals surface area (Å²) in [5, 5.41) is 17.0. The molecule has 8 nitrogen and oxygen atoms in total. The van der Waals surface area contributed by atoms with E-state index in [2.05, 4.69) is 17.6 Å².